The van der Waals surface area contributed by atoms with Crippen LogP contribution in [0.15, 0.2) is 54.6 Å². The number of carbonyl (C=O) groups is 2. The number of hydroxylamine groups is 1. The Morgan fingerprint density at radius 1 is 0.880 bits per heavy atom. The topological polar surface area (TPSA) is 78.4 Å². The number of hydrogen-bond acceptors (Lipinski definition) is 3. The molecule has 130 valence electrons. The van der Waals surface area contributed by atoms with E-state index >= 15 is 0 Å². The van der Waals surface area contributed by atoms with Crippen molar-refractivity contribution >= 4 is 17.5 Å². The van der Waals surface area contributed by atoms with Crippen molar-refractivity contribution in [2.75, 3.05) is 5.32 Å². The number of carbonyl (C=O) groups excluding carboxylic acids is 2. The predicted octanol–water partition coefficient (Wildman–Crippen LogP) is 3.65. The third-order valence-corrected chi connectivity index (χ3v) is 4.97. The molecule has 0 spiro atoms. The van der Waals surface area contributed by atoms with Gasteiger partial charge in [0.1, 0.15) is 0 Å². The van der Waals surface area contributed by atoms with Crippen LogP contribution in [-0.2, 0) is 10.2 Å². The fourth-order valence-corrected chi connectivity index (χ4v) is 3.58. The van der Waals surface area contributed by atoms with E-state index in [0.717, 1.165) is 37.7 Å². The van der Waals surface area contributed by atoms with Gasteiger partial charge in [0.2, 0.25) is 5.91 Å². The molecule has 1 fully saturated rings. The predicted molar refractivity (Wildman–Crippen MR) is 95.5 cm³/mol. The van der Waals surface area contributed by atoms with Crippen LogP contribution in [0, 0.1) is 0 Å². The van der Waals surface area contributed by atoms with Crippen molar-refractivity contribution in [2.45, 2.75) is 37.5 Å². The van der Waals surface area contributed by atoms with Gasteiger partial charge in [0.15, 0.2) is 0 Å². The molecule has 0 unspecified atom stereocenters. The monoisotopic (exact) mass is 338 g/mol. The standard InChI is InChI=1S/C20H22N2O3/c23-18(22-25)15-9-11-17(12-10-15)21-19(24)20(13-5-2-6-14-20)16-7-3-1-4-8-16/h1,3-4,7-12,25H,2,5-6,13-14H2,(H,21,24)(H,22,23). The fourth-order valence-electron chi connectivity index (χ4n) is 3.58. The first kappa shape index (κ1) is 17.2. The highest BCUT2D eigenvalue weighted by Gasteiger charge is 2.40. The maximum Gasteiger partial charge on any atom is 0.274 e. The van der Waals surface area contributed by atoms with Crippen LogP contribution in [0.2, 0.25) is 0 Å². The third kappa shape index (κ3) is 3.56. The van der Waals surface area contributed by atoms with Crippen LogP contribution in [-0.4, -0.2) is 17.0 Å². The Morgan fingerprint density at radius 2 is 1.52 bits per heavy atom. The molecule has 0 heterocycles. The van der Waals surface area contributed by atoms with E-state index in [0.29, 0.717) is 11.3 Å². The summed E-state index contributed by atoms with van der Waals surface area (Å²) in [6, 6.07) is 16.4. The molecule has 0 aliphatic heterocycles. The van der Waals surface area contributed by atoms with E-state index in [1.807, 2.05) is 30.3 Å². The maximum atomic E-state index is 13.1. The molecule has 2 aromatic rings. The summed E-state index contributed by atoms with van der Waals surface area (Å²) >= 11 is 0. The van der Waals surface area contributed by atoms with Crippen molar-refractivity contribution in [1.29, 1.82) is 0 Å². The lowest BCUT2D eigenvalue weighted by atomic mass is 9.68. The van der Waals surface area contributed by atoms with Crippen molar-refractivity contribution in [2.24, 2.45) is 0 Å². The minimum atomic E-state index is -0.578. The van der Waals surface area contributed by atoms with Crippen LogP contribution in [0.25, 0.3) is 0 Å². The molecule has 5 nitrogen and oxygen atoms in total. The van der Waals surface area contributed by atoms with Gasteiger partial charge in [-0.15, -0.1) is 0 Å². The first-order valence-electron chi connectivity index (χ1n) is 8.57. The molecule has 3 rings (SSSR count). The molecule has 0 radical (unpaired) electrons. The molecule has 0 atom stereocenters. The lowest BCUT2D eigenvalue weighted by Crippen LogP contribution is -2.42. The molecule has 1 aliphatic rings. The van der Waals surface area contributed by atoms with Gasteiger partial charge in [-0.3, -0.25) is 14.8 Å². The SMILES string of the molecule is O=C(NO)c1ccc(NC(=O)C2(c3ccccc3)CCCCC2)cc1. The zero-order valence-electron chi connectivity index (χ0n) is 14.0. The largest absolute Gasteiger partial charge is 0.325 e. The van der Waals surface area contributed by atoms with Crippen molar-refractivity contribution in [3.05, 3.63) is 65.7 Å². The zero-order chi connectivity index (χ0) is 17.7. The fraction of sp³-hybridized carbons (Fsp3) is 0.300. The molecule has 1 saturated carbocycles. The van der Waals surface area contributed by atoms with Gasteiger partial charge in [-0.05, 0) is 42.7 Å². The lowest BCUT2D eigenvalue weighted by Gasteiger charge is -2.36. The Bertz CT molecular complexity index is 735. The number of anilines is 1. The van der Waals surface area contributed by atoms with Crippen molar-refractivity contribution in [3.63, 3.8) is 0 Å². The molecule has 0 aromatic heterocycles. The Hall–Kier alpha value is -2.66. The minimum Gasteiger partial charge on any atom is -0.325 e. The average molecular weight is 338 g/mol. The van der Waals surface area contributed by atoms with E-state index in [9.17, 15) is 9.59 Å². The molecule has 5 heteroatoms. The molecule has 2 aromatic carbocycles. The summed E-state index contributed by atoms with van der Waals surface area (Å²) in [5, 5.41) is 11.7. The van der Waals surface area contributed by atoms with E-state index in [4.69, 9.17) is 5.21 Å². The molecule has 25 heavy (non-hydrogen) atoms. The van der Waals surface area contributed by atoms with Gasteiger partial charge in [-0.25, -0.2) is 5.48 Å². The van der Waals surface area contributed by atoms with Crippen molar-refractivity contribution < 1.29 is 14.8 Å². The van der Waals surface area contributed by atoms with Gasteiger partial charge in [-0.1, -0.05) is 49.6 Å². The highest BCUT2D eigenvalue weighted by molar-refractivity contribution is 6.00. The first-order chi connectivity index (χ1) is 12.2. The Balaban J connectivity index is 1.83. The van der Waals surface area contributed by atoms with E-state index in [1.54, 1.807) is 29.7 Å². The highest BCUT2D eigenvalue weighted by Crippen LogP contribution is 2.40. The van der Waals surface area contributed by atoms with Crippen LogP contribution in [0.3, 0.4) is 0 Å². The number of benzene rings is 2. The second-order valence-corrected chi connectivity index (χ2v) is 6.48. The van der Waals surface area contributed by atoms with E-state index in [2.05, 4.69) is 5.32 Å². The summed E-state index contributed by atoms with van der Waals surface area (Å²) < 4.78 is 0. The third-order valence-electron chi connectivity index (χ3n) is 4.97. The second kappa shape index (κ2) is 7.49. The Labute approximate surface area is 147 Å². The van der Waals surface area contributed by atoms with Gasteiger partial charge in [0, 0.05) is 11.3 Å². The van der Waals surface area contributed by atoms with Gasteiger partial charge < -0.3 is 5.32 Å². The van der Waals surface area contributed by atoms with Crippen molar-refractivity contribution in [1.82, 2.24) is 5.48 Å². The van der Waals surface area contributed by atoms with Crippen LogP contribution >= 0.6 is 0 Å². The molecular formula is C20H22N2O3. The maximum absolute atomic E-state index is 13.1. The summed E-state index contributed by atoms with van der Waals surface area (Å²) in [4.78, 5) is 24.5. The number of rotatable bonds is 4. The second-order valence-electron chi connectivity index (χ2n) is 6.48. The summed E-state index contributed by atoms with van der Waals surface area (Å²) in [6.45, 7) is 0. The van der Waals surface area contributed by atoms with Crippen molar-refractivity contribution in [3.8, 4) is 0 Å². The van der Waals surface area contributed by atoms with Gasteiger partial charge in [-0.2, -0.15) is 0 Å². The smallest absolute Gasteiger partial charge is 0.274 e. The van der Waals surface area contributed by atoms with E-state index in [-0.39, 0.29) is 5.91 Å². The van der Waals surface area contributed by atoms with E-state index in [1.165, 1.54) is 0 Å². The van der Waals surface area contributed by atoms with E-state index < -0.39 is 11.3 Å². The lowest BCUT2D eigenvalue weighted by molar-refractivity contribution is -0.122. The summed E-state index contributed by atoms with van der Waals surface area (Å²) in [6.07, 6.45) is 4.92. The van der Waals surface area contributed by atoms with Gasteiger partial charge in [0.05, 0.1) is 5.41 Å². The molecular weight excluding hydrogens is 316 g/mol. The average Bonchev–Trinajstić information content (AvgIpc) is 2.69. The molecule has 0 saturated heterocycles. The van der Waals surface area contributed by atoms with Crippen LogP contribution in [0.4, 0.5) is 5.69 Å². The Kier molecular flexibility index (Phi) is 5.14. The number of hydrogen-bond donors (Lipinski definition) is 3. The molecule has 2 amide bonds. The number of nitrogens with one attached hydrogen (secondary N) is 2. The molecule has 0 bridgehead atoms. The van der Waals surface area contributed by atoms with Crippen LogP contribution in [0.1, 0.15) is 48.0 Å². The Morgan fingerprint density at radius 3 is 2.12 bits per heavy atom. The summed E-state index contributed by atoms with van der Waals surface area (Å²) in [5.41, 5.74) is 3.12. The van der Waals surface area contributed by atoms with Gasteiger partial charge in [0.25, 0.3) is 5.91 Å². The molecule has 3 N–H and O–H groups in total. The minimum absolute atomic E-state index is 0.00207. The zero-order valence-corrected chi connectivity index (χ0v) is 14.0. The van der Waals surface area contributed by atoms with Crippen LogP contribution in [0.5, 0.6) is 0 Å². The molecule has 1 aliphatic carbocycles. The van der Waals surface area contributed by atoms with Crippen LogP contribution < -0.4 is 10.8 Å². The summed E-state index contributed by atoms with van der Waals surface area (Å²) in [7, 11) is 0. The first-order valence-corrected chi connectivity index (χ1v) is 8.57. The quantitative estimate of drug-likeness (QED) is 0.588. The number of amides is 2. The normalized spacial score (nSPS) is 16.0. The highest BCUT2D eigenvalue weighted by atomic mass is 16.5. The van der Waals surface area contributed by atoms with Gasteiger partial charge >= 0.3 is 0 Å². The summed E-state index contributed by atoms with van der Waals surface area (Å²) in [5.74, 6) is -0.580.